The molecule has 12 heteroatoms. The molecule has 2 saturated heterocycles. The Balaban J connectivity index is 1.28. The highest BCUT2D eigenvalue weighted by Gasteiger charge is 2.35. The summed E-state index contributed by atoms with van der Waals surface area (Å²) in [5.74, 6) is -0.803. The van der Waals surface area contributed by atoms with Gasteiger partial charge in [0, 0.05) is 70.5 Å². The lowest BCUT2D eigenvalue weighted by Crippen LogP contribution is -2.43. The molecule has 3 aromatic rings. The number of aliphatic hydroxyl groups excluding tert-OH is 1. The lowest BCUT2D eigenvalue weighted by Gasteiger charge is -2.29. The molecule has 0 bridgehead atoms. The first-order valence-corrected chi connectivity index (χ1v) is 17.1. The van der Waals surface area contributed by atoms with Gasteiger partial charge in [0.15, 0.2) is 9.84 Å². The molecule has 2 atom stereocenters. The Morgan fingerprint density at radius 2 is 1.86 bits per heavy atom. The summed E-state index contributed by atoms with van der Waals surface area (Å²) in [4.78, 5) is 34.4. The summed E-state index contributed by atoms with van der Waals surface area (Å²) in [7, 11) is -3.85. The van der Waals surface area contributed by atoms with E-state index in [2.05, 4.69) is 15.2 Å². The highest BCUT2D eigenvalue weighted by Crippen LogP contribution is 2.37. The number of anilines is 1. The van der Waals surface area contributed by atoms with Crippen LogP contribution in [0.3, 0.4) is 0 Å². The third-order valence-corrected chi connectivity index (χ3v) is 11.2. The quantitative estimate of drug-likeness (QED) is 0.305. The number of aromatic nitrogens is 1. The Labute approximate surface area is 266 Å². The summed E-state index contributed by atoms with van der Waals surface area (Å²) in [6.07, 6.45) is 3.98. The Morgan fingerprint density at radius 3 is 2.57 bits per heavy atom. The minimum Gasteiger partial charge on any atom is -0.392 e. The summed E-state index contributed by atoms with van der Waals surface area (Å²) in [5.41, 5.74) is 4.18. The van der Waals surface area contributed by atoms with Gasteiger partial charge in [-0.25, -0.2) is 8.42 Å². The van der Waals surface area contributed by atoms with E-state index in [-0.39, 0.29) is 44.7 Å². The second kappa shape index (κ2) is 12.0. The summed E-state index contributed by atoms with van der Waals surface area (Å²) >= 11 is 12.5. The van der Waals surface area contributed by atoms with E-state index < -0.39 is 9.84 Å². The van der Waals surface area contributed by atoms with Crippen LogP contribution in [0.2, 0.25) is 10.0 Å². The Kier molecular flexibility index (Phi) is 8.40. The number of aromatic amines is 1. The molecule has 0 aliphatic carbocycles. The predicted molar refractivity (Wildman–Crippen MR) is 172 cm³/mol. The third kappa shape index (κ3) is 5.81. The SMILES string of the molecule is Cc1[nH]c(C=C2C(=O)Nc3ccc(S(=O)(=O)Cc4c(Cl)cccc4Cl)cc32)c(C)c1C(=O)N1CCC[C@H]1CN1CC[C@@H](O)C1. The van der Waals surface area contributed by atoms with Crippen LogP contribution in [0.25, 0.3) is 11.6 Å². The average molecular weight is 658 g/mol. The fourth-order valence-electron chi connectivity index (χ4n) is 6.54. The van der Waals surface area contributed by atoms with Crippen LogP contribution in [-0.4, -0.2) is 78.4 Å². The van der Waals surface area contributed by atoms with Crippen LogP contribution >= 0.6 is 23.2 Å². The monoisotopic (exact) mass is 656 g/mol. The van der Waals surface area contributed by atoms with Crippen molar-refractivity contribution in [1.29, 1.82) is 0 Å². The van der Waals surface area contributed by atoms with Gasteiger partial charge in [-0.2, -0.15) is 0 Å². The molecule has 2 aromatic carbocycles. The number of benzene rings is 2. The van der Waals surface area contributed by atoms with Crippen LogP contribution in [0.5, 0.6) is 0 Å². The zero-order valence-corrected chi connectivity index (χ0v) is 26.8. The first-order valence-electron chi connectivity index (χ1n) is 14.7. The number of aliphatic hydroxyl groups is 1. The van der Waals surface area contributed by atoms with Crippen LogP contribution in [0.4, 0.5) is 5.69 Å². The molecular formula is C32H34Cl2N4O5S. The smallest absolute Gasteiger partial charge is 0.256 e. The number of nitrogens with zero attached hydrogens (tertiary/aromatic N) is 2. The maximum atomic E-state index is 13.9. The van der Waals surface area contributed by atoms with E-state index in [4.69, 9.17) is 23.2 Å². The number of β-amino-alcohol motifs (C(OH)–C–C–N with tert-alkyl or cyclic N) is 1. The number of sulfone groups is 1. The number of hydrogen-bond acceptors (Lipinski definition) is 6. The van der Waals surface area contributed by atoms with E-state index in [0.29, 0.717) is 52.4 Å². The molecule has 3 aliphatic rings. The fourth-order valence-corrected chi connectivity index (χ4v) is 8.66. The number of rotatable bonds is 7. The molecule has 3 N–H and O–H groups in total. The van der Waals surface area contributed by atoms with Crippen molar-refractivity contribution in [3.8, 4) is 0 Å². The number of carbonyl (C=O) groups excluding carboxylic acids is 2. The van der Waals surface area contributed by atoms with Crippen molar-refractivity contribution in [1.82, 2.24) is 14.8 Å². The number of halogens is 2. The third-order valence-electron chi connectivity index (χ3n) is 8.86. The molecule has 2 amide bonds. The van der Waals surface area contributed by atoms with Crippen molar-refractivity contribution in [2.24, 2.45) is 0 Å². The number of hydrogen-bond donors (Lipinski definition) is 3. The van der Waals surface area contributed by atoms with Gasteiger partial charge >= 0.3 is 0 Å². The van der Waals surface area contributed by atoms with Crippen LogP contribution in [0.1, 0.15) is 57.7 Å². The van der Waals surface area contributed by atoms with E-state index in [1.165, 1.54) is 12.1 Å². The number of fused-ring (bicyclic) bond motifs is 1. The van der Waals surface area contributed by atoms with E-state index in [9.17, 15) is 23.1 Å². The lowest BCUT2D eigenvalue weighted by molar-refractivity contribution is -0.110. The molecule has 1 aromatic heterocycles. The van der Waals surface area contributed by atoms with E-state index in [1.54, 1.807) is 30.3 Å². The molecule has 0 spiro atoms. The summed E-state index contributed by atoms with van der Waals surface area (Å²) in [6, 6.07) is 9.43. The molecule has 9 nitrogen and oxygen atoms in total. The molecule has 0 radical (unpaired) electrons. The van der Waals surface area contributed by atoms with Crippen molar-refractivity contribution in [2.75, 3.05) is 31.5 Å². The van der Waals surface area contributed by atoms with Crippen molar-refractivity contribution in [3.05, 3.63) is 80.1 Å². The van der Waals surface area contributed by atoms with Crippen molar-refractivity contribution in [3.63, 3.8) is 0 Å². The van der Waals surface area contributed by atoms with E-state index in [0.717, 1.165) is 37.9 Å². The van der Waals surface area contributed by atoms with Crippen molar-refractivity contribution >= 4 is 62.2 Å². The van der Waals surface area contributed by atoms with Gasteiger partial charge in [0.2, 0.25) is 0 Å². The van der Waals surface area contributed by atoms with Crippen LogP contribution in [0, 0.1) is 13.8 Å². The topological polar surface area (TPSA) is 123 Å². The Hall–Kier alpha value is -3.15. The minimum atomic E-state index is -3.85. The van der Waals surface area contributed by atoms with Gasteiger partial charge < -0.3 is 20.3 Å². The predicted octanol–water partition coefficient (Wildman–Crippen LogP) is 5.08. The van der Waals surface area contributed by atoms with E-state index >= 15 is 0 Å². The summed E-state index contributed by atoms with van der Waals surface area (Å²) < 4.78 is 26.8. The molecule has 2 fully saturated rings. The molecule has 4 heterocycles. The highest BCUT2D eigenvalue weighted by molar-refractivity contribution is 7.90. The number of carbonyl (C=O) groups is 2. The lowest BCUT2D eigenvalue weighted by atomic mass is 10.0. The normalized spacial score (nSPS) is 21.3. The highest BCUT2D eigenvalue weighted by atomic mass is 35.5. The largest absolute Gasteiger partial charge is 0.392 e. The molecular weight excluding hydrogens is 623 g/mol. The zero-order valence-electron chi connectivity index (χ0n) is 24.5. The molecule has 3 aliphatic heterocycles. The second-order valence-corrected chi connectivity index (χ2v) is 14.6. The first kappa shape index (κ1) is 30.9. The number of aryl methyl sites for hydroxylation is 1. The number of likely N-dealkylation sites (tertiary alicyclic amines) is 2. The molecule has 0 unspecified atom stereocenters. The van der Waals surface area contributed by atoms with Crippen molar-refractivity contribution < 1.29 is 23.1 Å². The number of nitrogens with one attached hydrogen (secondary N) is 2. The first-order chi connectivity index (χ1) is 20.9. The standard InChI is InChI=1S/C32H34Cl2N4O5S/c1-18-29(35-19(2)30(18)32(41)38-11-4-5-20(38)15-37-12-10-21(39)16-37)14-24-23-13-22(8-9-28(23)36-31(24)40)44(42,43)17-25-26(33)6-3-7-27(25)34/h3,6-9,13-14,20-21,35,39H,4-5,10-12,15-17H2,1-2H3,(H,36,40)/t20-,21+/m0/s1. The summed E-state index contributed by atoms with van der Waals surface area (Å²) in [6.45, 7) is 6.59. The zero-order chi connectivity index (χ0) is 31.3. The number of H-pyrrole nitrogens is 1. The van der Waals surface area contributed by atoms with Gasteiger partial charge in [-0.3, -0.25) is 14.5 Å². The second-order valence-electron chi connectivity index (χ2n) is 11.8. The maximum Gasteiger partial charge on any atom is 0.256 e. The van der Waals surface area contributed by atoms with Gasteiger partial charge in [0.05, 0.1) is 27.9 Å². The Morgan fingerprint density at radius 1 is 1.11 bits per heavy atom. The number of amides is 2. The van der Waals surface area contributed by atoms with Crippen LogP contribution in [0.15, 0.2) is 41.3 Å². The molecule has 44 heavy (non-hydrogen) atoms. The molecule has 232 valence electrons. The van der Waals surface area contributed by atoms with Crippen LogP contribution in [-0.2, 0) is 20.4 Å². The minimum absolute atomic E-state index is 0.0375. The van der Waals surface area contributed by atoms with Gasteiger partial charge in [0.25, 0.3) is 11.8 Å². The molecule has 0 saturated carbocycles. The summed E-state index contributed by atoms with van der Waals surface area (Å²) in [5, 5.41) is 13.3. The molecule has 6 rings (SSSR count). The van der Waals surface area contributed by atoms with Gasteiger partial charge in [0.1, 0.15) is 0 Å². The fraction of sp³-hybridized carbons (Fsp3) is 0.375. The van der Waals surface area contributed by atoms with E-state index in [1.807, 2.05) is 18.7 Å². The van der Waals surface area contributed by atoms with Crippen molar-refractivity contribution in [2.45, 2.75) is 55.9 Å². The van der Waals surface area contributed by atoms with Gasteiger partial charge in [-0.05, 0) is 75.1 Å². The average Bonchev–Trinajstić information content (AvgIpc) is 3.73. The van der Waals surface area contributed by atoms with Gasteiger partial charge in [-0.1, -0.05) is 29.3 Å². The van der Waals surface area contributed by atoms with Crippen LogP contribution < -0.4 is 5.32 Å². The van der Waals surface area contributed by atoms with Gasteiger partial charge in [-0.15, -0.1) is 0 Å². The maximum absolute atomic E-state index is 13.9. The Bertz CT molecular complexity index is 1780.